The van der Waals surface area contributed by atoms with Crippen molar-refractivity contribution in [2.45, 2.75) is 17.1 Å². The smallest absolute Gasteiger partial charge is 0.247 e. The molecule has 5 rings (SSSR count). The molecule has 0 bridgehead atoms. The Balaban J connectivity index is 1.52. The number of nitrogens with zero attached hydrogens (tertiary/aromatic N) is 3. The number of ether oxygens (including phenoxy) is 1. The number of halogens is 2. The maximum Gasteiger partial charge on any atom is 0.247 e. The molecule has 3 aromatic carbocycles. The van der Waals surface area contributed by atoms with E-state index < -0.39 is 6.23 Å². The number of fused-ring (bicyclic) bond motifs is 3. The number of hydrogen-bond donors (Lipinski definition) is 2. The fourth-order valence-electron chi connectivity index (χ4n) is 3.34. The lowest BCUT2D eigenvalue weighted by Crippen LogP contribution is -2.17. The number of aromatic hydroxyl groups is 1. The lowest BCUT2D eigenvalue weighted by Gasteiger charge is -2.20. The minimum atomic E-state index is -0.639. The highest BCUT2D eigenvalue weighted by molar-refractivity contribution is 9.10. The van der Waals surface area contributed by atoms with Gasteiger partial charge >= 0.3 is 0 Å². The number of benzene rings is 3. The fourth-order valence-corrected chi connectivity index (χ4v) is 4.56. The van der Waals surface area contributed by atoms with Crippen LogP contribution in [0.25, 0.3) is 11.3 Å². The Morgan fingerprint density at radius 1 is 1.06 bits per heavy atom. The first-order valence-corrected chi connectivity index (χ1v) is 11.5. The van der Waals surface area contributed by atoms with E-state index in [1.54, 1.807) is 36.4 Å². The molecule has 32 heavy (non-hydrogen) atoms. The molecule has 0 amide bonds. The third kappa shape index (κ3) is 4.13. The van der Waals surface area contributed by atoms with E-state index in [0.717, 1.165) is 15.7 Å². The van der Waals surface area contributed by atoms with E-state index in [-0.39, 0.29) is 11.6 Å². The first-order chi connectivity index (χ1) is 15.6. The number of aromatic nitrogens is 3. The summed E-state index contributed by atoms with van der Waals surface area (Å²) in [5.74, 6) is 0.511. The first-order valence-electron chi connectivity index (χ1n) is 9.70. The zero-order chi connectivity index (χ0) is 22.1. The molecule has 1 atom stereocenters. The number of hydrogen-bond acceptors (Lipinski definition) is 7. The van der Waals surface area contributed by atoms with Crippen LogP contribution in [0.3, 0.4) is 0 Å². The van der Waals surface area contributed by atoms with Crippen molar-refractivity contribution < 1.29 is 14.2 Å². The third-order valence-electron chi connectivity index (χ3n) is 4.91. The van der Waals surface area contributed by atoms with Crippen LogP contribution in [0.1, 0.15) is 17.4 Å². The van der Waals surface area contributed by atoms with Crippen LogP contribution in [0.15, 0.2) is 76.4 Å². The number of nitrogens with one attached hydrogen (secondary N) is 1. The number of phenols is 1. The van der Waals surface area contributed by atoms with Gasteiger partial charge in [0.05, 0.1) is 0 Å². The second-order valence-electron chi connectivity index (χ2n) is 7.02. The van der Waals surface area contributed by atoms with E-state index in [4.69, 9.17) is 4.74 Å². The van der Waals surface area contributed by atoms with E-state index in [0.29, 0.717) is 33.6 Å². The minimum Gasteiger partial charge on any atom is -0.508 e. The fraction of sp³-hybridized carbons (Fsp3) is 0.0870. The number of anilines is 1. The van der Waals surface area contributed by atoms with Crippen molar-refractivity contribution in [2.75, 3.05) is 5.32 Å². The summed E-state index contributed by atoms with van der Waals surface area (Å²) < 4.78 is 21.0. The van der Waals surface area contributed by atoms with Crippen LogP contribution in [0, 0.1) is 5.82 Å². The standard InChI is InChI=1S/C23H16BrFN4O2S/c24-17-10-9-14(30)11-16(17)21-26-19-8-4-2-6-15(19)20-22(31-21)27-23(29-28-20)32-12-13-5-1-3-7-18(13)25/h1-11,21,26,30H,12H2/t21-/m1/s1. The Morgan fingerprint density at radius 2 is 1.88 bits per heavy atom. The molecule has 2 N–H and O–H groups in total. The van der Waals surface area contributed by atoms with Gasteiger partial charge in [-0.1, -0.05) is 64.1 Å². The molecular weight excluding hydrogens is 495 g/mol. The van der Waals surface area contributed by atoms with Gasteiger partial charge in [0.1, 0.15) is 11.6 Å². The van der Waals surface area contributed by atoms with Crippen LogP contribution in [-0.2, 0) is 5.75 Å². The monoisotopic (exact) mass is 510 g/mol. The number of para-hydroxylation sites is 1. The van der Waals surface area contributed by atoms with Gasteiger partial charge in [0.25, 0.3) is 0 Å². The third-order valence-corrected chi connectivity index (χ3v) is 6.52. The summed E-state index contributed by atoms with van der Waals surface area (Å²) in [7, 11) is 0. The second kappa shape index (κ2) is 8.76. The molecule has 1 aliphatic rings. The quantitative estimate of drug-likeness (QED) is 0.328. The van der Waals surface area contributed by atoms with Crippen LogP contribution < -0.4 is 10.1 Å². The van der Waals surface area contributed by atoms with E-state index in [2.05, 4.69) is 36.4 Å². The Morgan fingerprint density at radius 3 is 2.75 bits per heavy atom. The van der Waals surface area contributed by atoms with Crippen LogP contribution in [0.2, 0.25) is 0 Å². The van der Waals surface area contributed by atoms with Crippen molar-refractivity contribution in [2.24, 2.45) is 0 Å². The maximum absolute atomic E-state index is 14.0. The largest absolute Gasteiger partial charge is 0.508 e. The van der Waals surface area contributed by atoms with Gasteiger partial charge in [0, 0.05) is 27.0 Å². The second-order valence-corrected chi connectivity index (χ2v) is 8.82. The highest BCUT2D eigenvalue weighted by atomic mass is 79.9. The Labute approximate surface area is 196 Å². The molecule has 1 aromatic heterocycles. The summed E-state index contributed by atoms with van der Waals surface area (Å²) in [5, 5.41) is 22.3. The van der Waals surface area contributed by atoms with Gasteiger partial charge in [-0.05, 0) is 35.9 Å². The average Bonchev–Trinajstić information content (AvgIpc) is 2.96. The van der Waals surface area contributed by atoms with Crippen molar-refractivity contribution in [3.8, 4) is 22.9 Å². The topological polar surface area (TPSA) is 80.2 Å². The minimum absolute atomic E-state index is 0.119. The maximum atomic E-state index is 14.0. The van der Waals surface area contributed by atoms with Crippen LogP contribution in [0.4, 0.5) is 10.1 Å². The molecule has 160 valence electrons. The molecule has 0 radical (unpaired) electrons. The molecule has 0 unspecified atom stereocenters. The normalized spacial score (nSPS) is 14.5. The summed E-state index contributed by atoms with van der Waals surface area (Å²) in [6, 6.07) is 19.2. The Hall–Kier alpha value is -3.17. The summed E-state index contributed by atoms with van der Waals surface area (Å²) in [4.78, 5) is 4.57. The Kier molecular flexibility index (Phi) is 5.67. The van der Waals surface area contributed by atoms with Crippen molar-refractivity contribution in [3.63, 3.8) is 0 Å². The summed E-state index contributed by atoms with van der Waals surface area (Å²) >= 11 is 4.80. The van der Waals surface area contributed by atoms with Gasteiger partial charge in [-0.3, -0.25) is 0 Å². The predicted octanol–water partition coefficient (Wildman–Crippen LogP) is 5.94. The summed E-state index contributed by atoms with van der Waals surface area (Å²) in [5.41, 5.74) is 3.36. The summed E-state index contributed by atoms with van der Waals surface area (Å²) in [6.07, 6.45) is -0.639. The van der Waals surface area contributed by atoms with Gasteiger partial charge in [-0.2, -0.15) is 4.98 Å². The van der Waals surface area contributed by atoms with E-state index >= 15 is 0 Å². The van der Waals surface area contributed by atoms with Crippen LogP contribution >= 0.6 is 27.7 Å². The van der Waals surface area contributed by atoms with E-state index in [9.17, 15) is 9.50 Å². The van der Waals surface area contributed by atoms with E-state index in [1.807, 2.05) is 24.3 Å². The molecule has 0 spiro atoms. The molecule has 2 heterocycles. The molecule has 0 saturated heterocycles. The number of phenolic OH excluding ortho intramolecular Hbond substituents is 1. The van der Waals surface area contributed by atoms with Gasteiger partial charge in [0.15, 0.2) is 11.9 Å². The van der Waals surface area contributed by atoms with Crippen molar-refractivity contribution >= 4 is 33.4 Å². The lowest BCUT2D eigenvalue weighted by molar-refractivity contribution is 0.224. The average molecular weight is 511 g/mol. The predicted molar refractivity (Wildman–Crippen MR) is 124 cm³/mol. The molecule has 0 aliphatic carbocycles. The highest BCUT2D eigenvalue weighted by Crippen LogP contribution is 2.41. The number of thioether (sulfide) groups is 1. The highest BCUT2D eigenvalue weighted by Gasteiger charge is 2.27. The molecule has 1 aliphatic heterocycles. The molecular formula is C23H16BrFN4O2S. The molecule has 6 nitrogen and oxygen atoms in total. The zero-order valence-electron chi connectivity index (χ0n) is 16.5. The van der Waals surface area contributed by atoms with Gasteiger partial charge in [0.2, 0.25) is 11.0 Å². The zero-order valence-corrected chi connectivity index (χ0v) is 18.9. The van der Waals surface area contributed by atoms with Gasteiger partial charge in [-0.15, -0.1) is 10.2 Å². The molecule has 0 fully saturated rings. The van der Waals surface area contributed by atoms with Gasteiger partial charge < -0.3 is 15.2 Å². The molecule has 9 heteroatoms. The van der Waals surface area contributed by atoms with Crippen LogP contribution in [-0.4, -0.2) is 20.3 Å². The molecule has 4 aromatic rings. The SMILES string of the molecule is Oc1ccc(Br)c([C@@H]2Nc3ccccc3-c3nnc(SCc4ccccc4F)nc3O2)c1. The Bertz CT molecular complexity index is 1310. The summed E-state index contributed by atoms with van der Waals surface area (Å²) in [6.45, 7) is 0. The number of rotatable bonds is 4. The van der Waals surface area contributed by atoms with Gasteiger partial charge in [-0.25, -0.2) is 4.39 Å². The van der Waals surface area contributed by atoms with E-state index in [1.165, 1.54) is 17.8 Å². The van der Waals surface area contributed by atoms with Crippen LogP contribution in [0.5, 0.6) is 11.6 Å². The molecule has 0 saturated carbocycles. The van der Waals surface area contributed by atoms with Crippen molar-refractivity contribution in [1.29, 1.82) is 0 Å². The van der Waals surface area contributed by atoms with Crippen molar-refractivity contribution in [1.82, 2.24) is 15.2 Å². The lowest BCUT2D eigenvalue weighted by atomic mass is 10.1. The van der Waals surface area contributed by atoms with Crippen molar-refractivity contribution in [3.05, 3.63) is 88.1 Å². The first kappa shape index (κ1) is 20.7.